The summed E-state index contributed by atoms with van der Waals surface area (Å²) in [6.45, 7) is 0.949. The minimum Gasteiger partial charge on any atom is -0.352 e. The number of likely N-dealkylation sites (tertiary alicyclic amines) is 1. The molecule has 1 amide bonds. The molecule has 2 aliphatic heterocycles. The highest BCUT2D eigenvalue weighted by atomic mass is 32.2. The van der Waals surface area contributed by atoms with Crippen LogP contribution in [0.1, 0.15) is 25.7 Å². The molecule has 17 heteroatoms. The molecule has 2 heterocycles. The van der Waals surface area contributed by atoms with E-state index in [0.717, 1.165) is 53.8 Å². The van der Waals surface area contributed by atoms with Gasteiger partial charge in [0.05, 0.1) is 20.8 Å². The molecule has 2 aromatic rings. The Morgan fingerprint density at radius 3 is 2.17 bits per heavy atom. The fourth-order valence-corrected chi connectivity index (χ4v) is 7.80. The third-order valence-corrected chi connectivity index (χ3v) is 10.4. The van der Waals surface area contributed by atoms with E-state index in [1.165, 1.54) is 12.1 Å². The van der Waals surface area contributed by atoms with Crippen molar-refractivity contribution in [2.45, 2.75) is 53.7 Å². The zero-order valence-corrected chi connectivity index (χ0v) is 23.6. The van der Waals surface area contributed by atoms with E-state index >= 15 is 0 Å². The molecule has 0 unspecified atom stereocenters. The van der Waals surface area contributed by atoms with Crippen LogP contribution in [0.5, 0.6) is 0 Å². The van der Waals surface area contributed by atoms with Gasteiger partial charge in [-0.2, -0.15) is 12.7 Å². The van der Waals surface area contributed by atoms with E-state index < -0.39 is 65.2 Å². The summed E-state index contributed by atoms with van der Waals surface area (Å²) in [6.07, 6.45) is -0.0484. The van der Waals surface area contributed by atoms with E-state index in [4.69, 9.17) is 4.18 Å². The normalized spacial score (nSPS) is 21.3. The maximum Gasteiger partial charge on any atom is 0.304 e. The number of rotatable bonds is 9. The molecule has 2 fully saturated rings. The van der Waals surface area contributed by atoms with Crippen molar-refractivity contribution in [2.75, 3.05) is 26.7 Å². The van der Waals surface area contributed by atoms with Crippen LogP contribution < -0.4 is 5.32 Å². The maximum atomic E-state index is 13.7. The molecule has 2 atom stereocenters. The summed E-state index contributed by atoms with van der Waals surface area (Å²) in [5, 5.41) is 25.3. The first kappa shape index (κ1) is 30.4. The van der Waals surface area contributed by atoms with Crippen molar-refractivity contribution in [3.05, 3.63) is 68.8 Å². The Labute approximate surface area is 236 Å². The molecule has 2 aliphatic rings. The van der Waals surface area contributed by atoms with Gasteiger partial charge < -0.3 is 10.2 Å². The summed E-state index contributed by atoms with van der Waals surface area (Å²) in [7, 11) is -7.20. The molecular weight excluding hydrogens is 582 g/mol. The Morgan fingerprint density at radius 2 is 1.56 bits per heavy atom. The largest absolute Gasteiger partial charge is 0.352 e. The van der Waals surface area contributed by atoms with Gasteiger partial charge in [-0.1, -0.05) is 12.1 Å². The minimum absolute atomic E-state index is 0.0301. The summed E-state index contributed by atoms with van der Waals surface area (Å²) in [6, 6.07) is 7.32. The van der Waals surface area contributed by atoms with Crippen molar-refractivity contribution in [1.82, 2.24) is 14.5 Å². The lowest BCUT2D eigenvalue weighted by molar-refractivity contribution is -0.387. The van der Waals surface area contributed by atoms with E-state index in [0.29, 0.717) is 12.8 Å². The average Bonchev–Trinajstić information content (AvgIpc) is 2.94. The molecule has 0 saturated carbocycles. The number of non-ortho nitro benzene ring substituents is 1. The van der Waals surface area contributed by atoms with Crippen molar-refractivity contribution in [2.24, 2.45) is 0 Å². The number of piperidine rings is 2. The first-order valence-electron chi connectivity index (χ1n) is 12.7. The molecule has 0 radical (unpaired) electrons. The van der Waals surface area contributed by atoms with Gasteiger partial charge >= 0.3 is 10.1 Å². The zero-order chi connectivity index (χ0) is 29.9. The van der Waals surface area contributed by atoms with Crippen LogP contribution in [0.4, 0.5) is 11.4 Å². The lowest BCUT2D eigenvalue weighted by Gasteiger charge is -2.38. The SMILES string of the molecule is CN1CCC(NC(=O)[C@@H]2CC[C@H](OS(=O)(=O)c3ccccc3[N+](=O)[O-])CN2S(=O)(=O)c2ccc([N+](=O)[O-])cc2)CC1. The van der Waals surface area contributed by atoms with Gasteiger partial charge in [0.25, 0.3) is 11.4 Å². The topological polar surface area (TPSA) is 199 Å². The van der Waals surface area contributed by atoms with E-state index in [1.54, 1.807) is 0 Å². The molecule has 0 spiro atoms. The smallest absolute Gasteiger partial charge is 0.304 e. The molecule has 222 valence electrons. The van der Waals surface area contributed by atoms with Crippen LogP contribution in [-0.2, 0) is 29.1 Å². The van der Waals surface area contributed by atoms with Crippen molar-refractivity contribution < 1.29 is 35.7 Å². The van der Waals surface area contributed by atoms with Gasteiger partial charge in [0.2, 0.25) is 15.9 Å². The van der Waals surface area contributed by atoms with Gasteiger partial charge in [-0.3, -0.25) is 29.2 Å². The van der Waals surface area contributed by atoms with Crippen molar-refractivity contribution in [3.8, 4) is 0 Å². The van der Waals surface area contributed by atoms with Crippen LogP contribution in [-0.4, -0.2) is 86.7 Å². The van der Waals surface area contributed by atoms with Crippen LogP contribution in [0.15, 0.2) is 58.3 Å². The first-order valence-corrected chi connectivity index (χ1v) is 15.6. The lowest BCUT2D eigenvalue weighted by atomic mass is 10.0. The number of nitrogens with one attached hydrogen (secondary N) is 1. The third-order valence-electron chi connectivity index (χ3n) is 7.11. The number of para-hydroxylation sites is 1. The number of hydrogen-bond donors (Lipinski definition) is 1. The van der Waals surface area contributed by atoms with Crippen LogP contribution >= 0.6 is 0 Å². The number of hydrogen-bond acceptors (Lipinski definition) is 11. The van der Waals surface area contributed by atoms with E-state index in [1.807, 2.05) is 7.05 Å². The Hall–Kier alpha value is -3.51. The van der Waals surface area contributed by atoms with Crippen molar-refractivity contribution in [1.29, 1.82) is 0 Å². The average molecular weight is 612 g/mol. The third kappa shape index (κ3) is 6.87. The second kappa shape index (κ2) is 12.2. The molecule has 15 nitrogen and oxygen atoms in total. The van der Waals surface area contributed by atoms with Gasteiger partial charge in [-0.15, -0.1) is 0 Å². The summed E-state index contributed by atoms with van der Waals surface area (Å²) in [5.41, 5.74) is -1.04. The van der Waals surface area contributed by atoms with Crippen LogP contribution in [0.2, 0.25) is 0 Å². The summed E-state index contributed by atoms with van der Waals surface area (Å²) in [4.78, 5) is 35.3. The molecule has 2 saturated heterocycles. The highest BCUT2D eigenvalue weighted by Crippen LogP contribution is 2.32. The Bertz CT molecular complexity index is 1520. The molecule has 0 aromatic heterocycles. The number of carbonyl (C=O) groups excluding carboxylic acids is 1. The number of benzene rings is 2. The number of carbonyl (C=O) groups is 1. The molecule has 2 aromatic carbocycles. The van der Waals surface area contributed by atoms with E-state index in [-0.39, 0.29) is 29.5 Å². The quantitative estimate of drug-likeness (QED) is 0.245. The second-order valence-corrected chi connectivity index (χ2v) is 13.3. The predicted molar refractivity (Wildman–Crippen MR) is 144 cm³/mol. The number of nitro benzene ring substituents is 2. The van der Waals surface area contributed by atoms with E-state index in [2.05, 4.69) is 10.2 Å². The molecule has 0 aliphatic carbocycles. The van der Waals surface area contributed by atoms with Crippen molar-refractivity contribution in [3.63, 3.8) is 0 Å². The van der Waals surface area contributed by atoms with Gasteiger partial charge in [0.15, 0.2) is 4.90 Å². The molecule has 1 N–H and O–H groups in total. The van der Waals surface area contributed by atoms with E-state index in [9.17, 15) is 41.9 Å². The van der Waals surface area contributed by atoms with Gasteiger partial charge in [0.1, 0.15) is 6.04 Å². The fraction of sp³-hybridized carbons (Fsp3) is 0.458. The fourth-order valence-electron chi connectivity index (χ4n) is 4.89. The Kier molecular flexibility index (Phi) is 9.03. The van der Waals surface area contributed by atoms with Crippen LogP contribution in [0.3, 0.4) is 0 Å². The highest BCUT2D eigenvalue weighted by Gasteiger charge is 2.43. The minimum atomic E-state index is -4.69. The van der Waals surface area contributed by atoms with Crippen molar-refractivity contribution >= 4 is 37.4 Å². The summed E-state index contributed by atoms with van der Waals surface area (Å²) in [5.74, 6) is -0.551. The zero-order valence-electron chi connectivity index (χ0n) is 22.0. The molecular formula is C24H29N5O10S2. The molecule has 4 rings (SSSR count). The van der Waals surface area contributed by atoms with Crippen LogP contribution in [0, 0.1) is 20.2 Å². The monoisotopic (exact) mass is 611 g/mol. The molecule has 41 heavy (non-hydrogen) atoms. The summed E-state index contributed by atoms with van der Waals surface area (Å²) < 4.78 is 59.6. The van der Waals surface area contributed by atoms with Gasteiger partial charge in [-0.05, 0) is 64.0 Å². The second-order valence-electron chi connectivity index (χ2n) is 9.90. The maximum absolute atomic E-state index is 13.7. The number of nitrogens with zero attached hydrogens (tertiary/aromatic N) is 4. The first-order chi connectivity index (χ1) is 19.3. The Balaban J connectivity index is 1.62. The summed E-state index contributed by atoms with van der Waals surface area (Å²) >= 11 is 0. The van der Waals surface area contributed by atoms with Gasteiger partial charge in [0, 0.05) is 30.8 Å². The predicted octanol–water partition coefficient (Wildman–Crippen LogP) is 1.64. The number of nitro groups is 2. The standard InChI is InChI=1S/C24H29N5O10S2/c1-26-14-12-17(13-15-26)25-24(30)22-11-8-19(39-41(37,38)23-5-3-2-4-21(23)29(33)34)16-27(22)40(35,36)20-9-6-18(7-10-20)28(31)32/h2-7,9-10,17,19,22H,8,11-16H2,1H3,(H,25,30)/t19-,22-/m0/s1. The van der Waals surface area contributed by atoms with Crippen LogP contribution in [0.25, 0.3) is 0 Å². The van der Waals surface area contributed by atoms with Gasteiger partial charge in [-0.25, -0.2) is 8.42 Å². The highest BCUT2D eigenvalue weighted by molar-refractivity contribution is 7.89. The lowest BCUT2D eigenvalue weighted by Crippen LogP contribution is -2.57. The Morgan fingerprint density at radius 1 is 0.927 bits per heavy atom. The number of sulfonamides is 1. The number of amides is 1. The molecule has 0 bridgehead atoms.